The van der Waals surface area contributed by atoms with Gasteiger partial charge in [0.15, 0.2) is 0 Å². The Morgan fingerprint density at radius 2 is 1.68 bits per heavy atom. The molecule has 4 fully saturated rings. The average molecular weight is 687 g/mol. The first-order chi connectivity index (χ1) is 24.1. The number of aliphatic hydroxyl groups excluding tert-OH is 1. The van der Waals surface area contributed by atoms with E-state index in [1.54, 1.807) is 12.1 Å². The van der Waals surface area contributed by atoms with Crippen molar-refractivity contribution in [3.63, 3.8) is 0 Å². The number of fused-ring (bicyclic) bond motifs is 3. The molecule has 7 rings (SSSR count). The van der Waals surface area contributed by atoms with Crippen LogP contribution in [0, 0.1) is 11.8 Å². The number of amides is 1. The molecule has 1 unspecified atom stereocenters. The molecular formula is C41H56N3O6+. The van der Waals surface area contributed by atoms with Crippen molar-refractivity contribution in [2.24, 2.45) is 11.8 Å². The van der Waals surface area contributed by atoms with Gasteiger partial charge in [0.2, 0.25) is 6.41 Å². The topological polar surface area (TPSA) is 120 Å². The van der Waals surface area contributed by atoms with E-state index in [-0.39, 0.29) is 30.0 Å². The fourth-order valence-electron chi connectivity index (χ4n) is 8.60. The second-order valence-corrected chi connectivity index (χ2v) is 15.4. The second-order valence-electron chi connectivity index (χ2n) is 15.4. The van der Waals surface area contributed by atoms with Crippen LogP contribution >= 0.6 is 0 Å². The number of rotatable bonds is 17. The highest BCUT2D eigenvalue weighted by Gasteiger charge is 2.48. The number of ether oxygens (including phenoxy) is 2. The van der Waals surface area contributed by atoms with Crippen LogP contribution < -0.4 is 15.4 Å². The second kappa shape index (κ2) is 15.8. The first kappa shape index (κ1) is 36.3. The summed E-state index contributed by atoms with van der Waals surface area (Å²) in [6, 6.07) is 23.0. The van der Waals surface area contributed by atoms with Crippen molar-refractivity contribution in [2.45, 2.75) is 82.1 Å². The number of nitrogens with one attached hydrogen (secondary N) is 2. The molecule has 3 aromatic carbocycles. The SMILES string of the molecule is CC(C)(NC[C@H](O)c1ccc(O)c(NC=O)c1)c1ccc(OCCC[N+]23CCC(CC2)[C@@H](OCC(O)(c2ccccc2)C2CCCC2)C3)cc1. The van der Waals surface area contributed by atoms with E-state index in [9.17, 15) is 20.1 Å². The number of phenols is 1. The van der Waals surface area contributed by atoms with E-state index in [4.69, 9.17) is 9.47 Å². The number of anilines is 1. The Labute approximate surface area is 297 Å². The lowest BCUT2D eigenvalue weighted by atomic mass is 9.80. The minimum Gasteiger partial charge on any atom is -0.506 e. The first-order valence-electron chi connectivity index (χ1n) is 18.5. The molecule has 0 spiro atoms. The number of carbonyl (C=O) groups excluding carboxylic acids is 1. The third kappa shape index (κ3) is 8.35. The molecular weight excluding hydrogens is 630 g/mol. The number of carbonyl (C=O) groups is 1. The Balaban J connectivity index is 0.967. The molecule has 3 saturated heterocycles. The highest BCUT2D eigenvalue weighted by atomic mass is 16.5. The molecule has 3 atom stereocenters. The number of quaternary nitrogens is 1. The molecule has 1 aliphatic carbocycles. The van der Waals surface area contributed by atoms with Gasteiger partial charge >= 0.3 is 0 Å². The highest BCUT2D eigenvalue weighted by molar-refractivity contribution is 5.75. The van der Waals surface area contributed by atoms with E-state index in [1.165, 1.54) is 44.8 Å². The minimum atomic E-state index is -0.918. The van der Waals surface area contributed by atoms with Crippen molar-refractivity contribution in [2.75, 3.05) is 51.3 Å². The van der Waals surface area contributed by atoms with Gasteiger partial charge in [-0.15, -0.1) is 0 Å². The van der Waals surface area contributed by atoms with E-state index < -0.39 is 17.2 Å². The van der Waals surface area contributed by atoms with Crippen LogP contribution in [0.5, 0.6) is 11.5 Å². The highest BCUT2D eigenvalue weighted by Crippen LogP contribution is 2.43. The predicted molar refractivity (Wildman–Crippen MR) is 195 cm³/mol. The third-order valence-electron chi connectivity index (χ3n) is 11.8. The van der Waals surface area contributed by atoms with Crippen LogP contribution in [-0.2, 0) is 20.7 Å². The molecule has 50 heavy (non-hydrogen) atoms. The summed E-state index contributed by atoms with van der Waals surface area (Å²) in [5, 5.41) is 38.6. The zero-order valence-electron chi connectivity index (χ0n) is 29.7. The molecule has 3 aliphatic heterocycles. The molecule has 4 aliphatic rings. The van der Waals surface area contributed by atoms with Crippen molar-refractivity contribution in [1.29, 1.82) is 0 Å². The summed E-state index contributed by atoms with van der Waals surface area (Å²) in [7, 11) is 0. The van der Waals surface area contributed by atoms with Crippen LogP contribution in [0.2, 0.25) is 0 Å². The summed E-state index contributed by atoms with van der Waals surface area (Å²) in [4.78, 5) is 10.8. The summed E-state index contributed by atoms with van der Waals surface area (Å²) in [6.07, 6.45) is 7.72. The van der Waals surface area contributed by atoms with Crippen LogP contribution in [0.1, 0.15) is 81.6 Å². The molecule has 9 nitrogen and oxygen atoms in total. The van der Waals surface area contributed by atoms with Crippen LogP contribution in [0.25, 0.3) is 0 Å². The number of nitrogens with zero attached hydrogens (tertiary/aromatic N) is 1. The maximum atomic E-state index is 12.0. The number of aliphatic hydroxyl groups is 2. The predicted octanol–water partition coefficient (Wildman–Crippen LogP) is 5.99. The van der Waals surface area contributed by atoms with Gasteiger partial charge < -0.3 is 39.9 Å². The summed E-state index contributed by atoms with van der Waals surface area (Å²) in [5.41, 5.74) is 1.59. The van der Waals surface area contributed by atoms with Crippen LogP contribution in [0.15, 0.2) is 72.8 Å². The van der Waals surface area contributed by atoms with Crippen LogP contribution in [-0.4, -0.2) is 78.3 Å². The van der Waals surface area contributed by atoms with Crippen LogP contribution in [0.4, 0.5) is 5.69 Å². The molecule has 270 valence electrons. The number of phenolic OH excluding ortho intramolecular Hbond substituents is 1. The maximum absolute atomic E-state index is 12.0. The lowest BCUT2D eigenvalue weighted by molar-refractivity contribution is -0.946. The van der Waals surface area contributed by atoms with Crippen molar-refractivity contribution in [1.82, 2.24) is 5.32 Å². The van der Waals surface area contributed by atoms with Crippen molar-refractivity contribution in [3.05, 3.63) is 89.5 Å². The van der Waals surface area contributed by atoms with Gasteiger partial charge in [0.25, 0.3) is 0 Å². The molecule has 1 amide bonds. The fourth-order valence-corrected chi connectivity index (χ4v) is 8.60. The van der Waals surface area contributed by atoms with E-state index in [0.717, 1.165) is 53.7 Å². The summed E-state index contributed by atoms with van der Waals surface area (Å²) in [5.74, 6) is 1.64. The van der Waals surface area contributed by atoms with Gasteiger partial charge in [0.05, 0.1) is 44.6 Å². The average Bonchev–Trinajstić information content (AvgIpc) is 3.70. The Morgan fingerprint density at radius 3 is 2.38 bits per heavy atom. The van der Waals surface area contributed by atoms with Gasteiger partial charge in [-0.2, -0.15) is 0 Å². The van der Waals surface area contributed by atoms with Crippen molar-refractivity contribution >= 4 is 12.1 Å². The number of benzene rings is 3. The Bertz CT molecular complexity index is 1540. The molecule has 3 heterocycles. The van der Waals surface area contributed by atoms with Gasteiger partial charge in [0.1, 0.15) is 29.7 Å². The Hall–Kier alpha value is -3.47. The smallest absolute Gasteiger partial charge is 0.211 e. The van der Waals surface area contributed by atoms with Crippen LogP contribution in [0.3, 0.4) is 0 Å². The van der Waals surface area contributed by atoms with E-state index in [1.807, 2.05) is 30.3 Å². The molecule has 2 bridgehead atoms. The monoisotopic (exact) mass is 686 g/mol. The van der Waals surface area contributed by atoms with Gasteiger partial charge in [-0.25, -0.2) is 0 Å². The molecule has 0 radical (unpaired) electrons. The molecule has 5 N–H and O–H groups in total. The summed E-state index contributed by atoms with van der Waals surface area (Å²) in [6.45, 7) is 9.96. The number of hydrogen-bond donors (Lipinski definition) is 5. The lowest BCUT2D eigenvalue weighted by Crippen LogP contribution is -2.65. The minimum absolute atomic E-state index is 0.0505. The number of aromatic hydroxyl groups is 1. The van der Waals surface area contributed by atoms with Gasteiger partial charge in [-0.05, 0) is 73.6 Å². The Kier molecular flexibility index (Phi) is 11.5. The van der Waals surface area contributed by atoms with E-state index in [2.05, 4.69) is 48.7 Å². The number of hydrogen-bond acceptors (Lipinski definition) is 7. The molecule has 3 aromatic rings. The summed E-state index contributed by atoms with van der Waals surface area (Å²) < 4.78 is 14.0. The molecule has 1 saturated carbocycles. The van der Waals surface area contributed by atoms with Gasteiger partial charge in [-0.1, -0.05) is 61.4 Å². The van der Waals surface area contributed by atoms with E-state index in [0.29, 0.717) is 31.1 Å². The quantitative estimate of drug-likeness (QED) is 0.0512. The fraction of sp³-hybridized carbons (Fsp3) is 0.537. The Morgan fingerprint density at radius 1 is 0.960 bits per heavy atom. The number of piperidine rings is 3. The normalized spacial score (nSPS) is 24.1. The standard InChI is InChI=1S/C41H55N3O6/c1-40(2,43-26-38(47)31-13-18-37(46)36(25-31)42-29-45)32-14-16-35(17-15-32)49-24-8-21-44-22-19-30(20-23-44)39(27-44)50-28-41(48,34-11-6-7-12-34)33-9-4-3-5-10-33/h3-5,9-10,13-18,25,29-30,34,38-39,43,47-48H,6-8,11-12,19-24,26-28H2,1-2H3,(H-,42,45,46)/p+1/t30?,38-,39-,41?,44?/m0/s1. The van der Waals surface area contributed by atoms with Gasteiger partial charge in [0, 0.05) is 37.3 Å². The third-order valence-corrected chi connectivity index (χ3v) is 11.8. The van der Waals surface area contributed by atoms with Crippen molar-refractivity contribution < 1.29 is 34.1 Å². The van der Waals surface area contributed by atoms with Crippen molar-refractivity contribution in [3.8, 4) is 11.5 Å². The maximum Gasteiger partial charge on any atom is 0.211 e. The molecule has 0 aromatic heterocycles. The largest absolute Gasteiger partial charge is 0.506 e. The van der Waals surface area contributed by atoms with E-state index >= 15 is 0 Å². The zero-order valence-corrected chi connectivity index (χ0v) is 29.7. The lowest BCUT2D eigenvalue weighted by Gasteiger charge is -2.53. The molecule has 9 heteroatoms. The first-order valence-corrected chi connectivity index (χ1v) is 18.5. The summed E-state index contributed by atoms with van der Waals surface area (Å²) >= 11 is 0. The van der Waals surface area contributed by atoms with Gasteiger partial charge in [-0.3, -0.25) is 4.79 Å². The zero-order chi connectivity index (χ0) is 35.2.